The Bertz CT molecular complexity index is 1080. The van der Waals surface area contributed by atoms with Gasteiger partial charge in [0, 0.05) is 23.7 Å². The van der Waals surface area contributed by atoms with Crippen LogP contribution in [-0.4, -0.2) is 46.6 Å². The number of allylic oxidation sites excluding steroid dienone is 4. The van der Waals surface area contributed by atoms with E-state index in [0.29, 0.717) is 12.0 Å². The van der Waals surface area contributed by atoms with Gasteiger partial charge in [0.05, 0.1) is 13.9 Å². The molecule has 194 valence electrons. The van der Waals surface area contributed by atoms with Crippen LogP contribution in [0.3, 0.4) is 0 Å². The van der Waals surface area contributed by atoms with Gasteiger partial charge in [0.1, 0.15) is 5.60 Å². The lowest BCUT2D eigenvalue weighted by molar-refractivity contribution is -0.354. The number of hydrogen-bond acceptors (Lipinski definition) is 9. The molecule has 0 spiro atoms. The number of aliphatic hydroxyl groups is 1. The van der Waals surface area contributed by atoms with E-state index in [9.17, 15) is 33.8 Å². The summed E-state index contributed by atoms with van der Waals surface area (Å²) in [4.78, 5) is 60.6. The van der Waals surface area contributed by atoms with E-state index in [0.717, 1.165) is 6.92 Å². The maximum atomic E-state index is 17.2. The van der Waals surface area contributed by atoms with Crippen molar-refractivity contribution in [3.05, 3.63) is 23.8 Å². The number of halogens is 1. The number of aliphatic hydroxyl groups excluding tert-OH is 1. The van der Waals surface area contributed by atoms with Gasteiger partial charge in [0.15, 0.2) is 18.1 Å². The number of phosphoric ester groups is 1. The molecule has 0 heterocycles. The minimum atomic E-state index is -5.74. The molecule has 4 aliphatic rings. The summed E-state index contributed by atoms with van der Waals surface area (Å²) < 4.78 is 39.0. The van der Waals surface area contributed by atoms with Crippen molar-refractivity contribution in [3.63, 3.8) is 0 Å². The molecule has 0 aromatic heterocycles. The molecule has 0 amide bonds. The van der Waals surface area contributed by atoms with E-state index < -0.39 is 72.1 Å². The van der Waals surface area contributed by atoms with Gasteiger partial charge >= 0.3 is 5.97 Å². The topological polar surface area (TPSA) is 153 Å². The van der Waals surface area contributed by atoms with E-state index in [1.165, 1.54) is 18.2 Å². The van der Waals surface area contributed by atoms with Crippen LogP contribution in [0.5, 0.6) is 0 Å². The summed E-state index contributed by atoms with van der Waals surface area (Å²) in [6.45, 7) is 4.98. The fourth-order valence-electron chi connectivity index (χ4n) is 7.82. The Hall–Kier alpha value is -1.71. The van der Waals surface area contributed by atoms with Crippen molar-refractivity contribution in [2.45, 2.75) is 70.8 Å². The summed E-state index contributed by atoms with van der Waals surface area (Å²) >= 11 is 0. The van der Waals surface area contributed by atoms with E-state index in [1.54, 1.807) is 20.8 Å². The number of phosphoric acid groups is 1. The van der Waals surface area contributed by atoms with Crippen LogP contribution in [0.15, 0.2) is 23.8 Å². The molecule has 0 saturated heterocycles. The summed E-state index contributed by atoms with van der Waals surface area (Å²) in [6.07, 6.45) is 2.93. The first-order valence-electron chi connectivity index (χ1n) is 11.7. The molecule has 0 bridgehead atoms. The zero-order valence-corrected chi connectivity index (χ0v) is 21.0. The molecule has 8 atom stereocenters. The zero-order chi connectivity index (χ0) is 26.2. The molecule has 0 unspecified atom stereocenters. The number of Topliss-reactive ketones (excluding diaryl/α,β-unsaturated/α-hetero) is 1. The second-order valence-corrected chi connectivity index (χ2v) is 12.0. The summed E-state index contributed by atoms with van der Waals surface area (Å²) in [6, 6.07) is 0. The molecule has 0 radical (unpaired) electrons. The van der Waals surface area contributed by atoms with Crippen LogP contribution < -0.4 is 9.79 Å². The number of esters is 1. The maximum absolute atomic E-state index is 17.2. The Morgan fingerprint density at radius 2 is 1.94 bits per heavy atom. The van der Waals surface area contributed by atoms with Gasteiger partial charge in [-0.15, -0.1) is 0 Å². The van der Waals surface area contributed by atoms with Crippen LogP contribution >= 0.6 is 7.82 Å². The van der Waals surface area contributed by atoms with Gasteiger partial charge in [-0.3, -0.25) is 14.4 Å². The maximum Gasteiger partial charge on any atom is 0.303 e. The number of carbonyl (C=O) groups excluding carboxylic acids is 3. The highest BCUT2D eigenvalue weighted by Gasteiger charge is 2.76. The molecule has 9 nitrogen and oxygen atoms in total. The first-order chi connectivity index (χ1) is 16.0. The molecule has 3 fully saturated rings. The molecule has 4 aliphatic carbocycles. The summed E-state index contributed by atoms with van der Waals surface area (Å²) in [5.41, 5.74) is -6.57. The Morgan fingerprint density at radius 1 is 1.29 bits per heavy atom. The van der Waals surface area contributed by atoms with E-state index in [-0.39, 0.29) is 25.0 Å². The third-order valence-electron chi connectivity index (χ3n) is 9.26. The van der Waals surface area contributed by atoms with Crippen molar-refractivity contribution in [1.82, 2.24) is 0 Å². The van der Waals surface area contributed by atoms with E-state index >= 15 is 4.39 Å². The Balaban J connectivity index is 1.84. The van der Waals surface area contributed by atoms with E-state index in [4.69, 9.17) is 9.26 Å². The molecule has 3 saturated carbocycles. The lowest BCUT2D eigenvalue weighted by Crippen LogP contribution is -2.70. The minimum absolute atomic E-state index is 0.156. The summed E-state index contributed by atoms with van der Waals surface area (Å²) in [7, 11) is -5.74. The Morgan fingerprint density at radius 3 is 2.54 bits per heavy atom. The Kier molecular flexibility index (Phi) is 6.14. The van der Waals surface area contributed by atoms with Gasteiger partial charge in [-0.2, -0.15) is 0 Å². The van der Waals surface area contributed by atoms with Gasteiger partial charge in [-0.25, -0.2) is 4.39 Å². The number of ether oxygens (including phenoxy) is 1. The predicted molar refractivity (Wildman–Crippen MR) is 116 cm³/mol. The fraction of sp³-hybridized carbons (Fsp3) is 0.708. The van der Waals surface area contributed by atoms with E-state index in [2.05, 4.69) is 0 Å². The van der Waals surface area contributed by atoms with Crippen LogP contribution in [0.25, 0.3) is 0 Å². The van der Waals surface area contributed by atoms with Crippen molar-refractivity contribution in [2.24, 2.45) is 28.6 Å². The van der Waals surface area contributed by atoms with Gasteiger partial charge in [0.2, 0.25) is 5.78 Å². The molecule has 0 aromatic rings. The van der Waals surface area contributed by atoms with Gasteiger partial charge in [-0.1, -0.05) is 25.5 Å². The van der Waals surface area contributed by atoms with Crippen LogP contribution in [0, 0.1) is 28.6 Å². The zero-order valence-electron chi connectivity index (χ0n) is 20.1. The van der Waals surface area contributed by atoms with Gasteiger partial charge < -0.3 is 28.7 Å². The Labute approximate surface area is 203 Å². The number of alkyl halides is 1. The molecule has 1 N–H and O–H groups in total. The second-order valence-electron chi connectivity index (χ2n) is 10.9. The highest BCUT2D eigenvalue weighted by molar-refractivity contribution is 7.43. The van der Waals surface area contributed by atoms with Crippen LogP contribution in [0.4, 0.5) is 4.39 Å². The number of ketones is 2. The molecule has 11 heteroatoms. The van der Waals surface area contributed by atoms with Crippen LogP contribution in [0.1, 0.15) is 53.4 Å². The SMILES string of the molecule is CC(=O)OCC(=O)[C@@]1(OP(=O)([O-])[O-])[C@@H](C)C[C@H]2[C@@H]3CCC4=CC(=O)C=C[C@]4(C)[C@@]3(F)[C@@H](O)C[C@@]21C. The smallest absolute Gasteiger partial charge is 0.303 e. The molecule has 0 aromatic carbocycles. The average Bonchev–Trinajstić information content (AvgIpc) is 2.94. The monoisotopic (exact) mass is 512 g/mol. The van der Waals surface area contributed by atoms with Crippen molar-refractivity contribution in [1.29, 1.82) is 0 Å². The predicted octanol–water partition coefficient (Wildman–Crippen LogP) is 1.32. The third kappa shape index (κ3) is 3.55. The highest BCUT2D eigenvalue weighted by atomic mass is 31.2. The number of fused-ring (bicyclic) bond motifs is 5. The van der Waals surface area contributed by atoms with Gasteiger partial charge in [-0.05, 0) is 56.6 Å². The van der Waals surface area contributed by atoms with Crippen molar-refractivity contribution in [2.75, 3.05) is 6.61 Å². The lowest BCUT2D eigenvalue weighted by Gasteiger charge is -2.63. The second kappa shape index (κ2) is 8.15. The largest absolute Gasteiger partial charge is 0.790 e. The number of hydrogen-bond donors (Lipinski definition) is 1. The normalized spacial score (nSPS) is 44.7. The van der Waals surface area contributed by atoms with Crippen molar-refractivity contribution < 1.29 is 47.5 Å². The third-order valence-corrected chi connectivity index (χ3v) is 9.77. The quantitative estimate of drug-likeness (QED) is 0.424. The molecule has 4 rings (SSSR count). The standard InChI is InChI=1S/C24H32FO9P/c1-13-9-18-17-6-5-15-10-16(27)7-8-21(15,3)23(17,25)19(28)11-22(18,4)24(13,34-35(30,31)32)20(29)12-33-14(2)26/h7-8,10,13,17-19,28H,5-6,9,11-12H2,1-4H3,(H2,30,31,32)/p-2/t13-,17-,18-,19-,21-,22-,23-,24-/m0/s1. The molecular weight excluding hydrogens is 482 g/mol. The van der Waals surface area contributed by atoms with E-state index in [1.807, 2.05) is 0 Å². The first-order valence-corrected chi connectivity index (χ1v) is 13.2. The molecular formula is C24H30FO9P-2. The highest BCUT2D eigenvalue weighted by Crippen LogP contribution is 2.72. The van der Waals surface area contributed by atoms with Gasteiger partial charge in [0.25, 0.3) is 0 Å². The first kappa shape index (κ1) is 26.4. The summed E-state index contributed by atoms with van der Waals surface area (Å²) in [5, 5.41) is 11.4. The molecule has 0 aliphatic heterocycles. The lowest BCUT2D eigenvalue weighted by atomic mass is 9.44. The van der Waals surface area contributed by atoms with Crippen LogP contribution in [0.2, 0.25) is 0 Å². The molecule has 35 heavy (non-hydrogen) atoms. The fourth-order valence-corrected chi connectivity index (χ4v) is 8.66. The average molecular weight is 512 g/mol. The van der Waals surface area contributed by atoms with Crippen molar-refractivity contribution >= 4 is 25.4 Å². The van der Waals surface area contributed by atoms with Crippen LogP contribution in [-0.2, 0) is 28.2 Å². The number of carbonyl (C=O) groups is 3. The minimum Gasteiger partial charge on any atom is -0.790 e. The number of rotatable bonds is 5. The van der Waals surface area contributed by atoms with Crippen molar-refractivity contribution in [3.8, 4) is 0 Å². The summed E-state index contributed by atoms with van der Waals surface area (Å²) in [5.74, 6) is -4.25.